The summed E-state index contributed by atoms with van der Waals surface area (Å²) >= 11 is 11.9. The summed E-state index contributed by atoms with van der Waals surface area (Å²) in [6.45, 7) is 2.48. The van der Waals surface area contributed by atoms with Gasteiger partial charge < -0.3 is 10.5 Å². The fraction of sp³-hybridized carbons (Fsp3) is 0.333. The van der Waals surface area contributed by atoms with E-state index in [1.165, 1.54) is 12.1 Å². The smallest absolute Gasteiger partial charge is 0.183 e. The quantitative estimate of drug-likeness (QED) is 0.804. The maximum Gasteiger partial charge on any atom is 0.183 e. The SMILES string of the molecule is CCOC[C@@]1(N)[C@H](S(=O)(=O)c2ccc(Cl)cc2)[C@@H]1c1cccc(Cl)c1. The number of rotatable bonds is 6. The molecule has 7 heteroatoms. The first-order valence-corrected chi connectivity index (χ1v) is 10.2. The van der Waals surface area contributed by atoms with E-state index in [0.717, 1.165) is 5.56 Å². The topological polar surface area (TPSA) is 69.4 Å². The number of hydrogen-bond acceptors (Lipinski definition) is 4. The van der Waals surface area contributed by atoms with Crippen LogP contribution in [0.5, 0.6) is 0 Å². The standard InChI is InChI=1S/C18H19Cl2NO3S/c1-2-24-11-18(21)16(12-4-3-5-14(20)10-12)17(18)25(22,23)15-8-6-13(19)7-9-15/h3-10,16-17H,2,11,21H2,1H3/t16-,17+,18-/m0/s1. The normalized spacial score (nSPS) is 25.8. The van der Waals surface area contributed by atoms with Gasteiger partial charge in [0.25, 0.3) is 0 Å². The molecule has 2 N–H and O–H groups in total. The lowest BCUT2D eigenvalue weighted by Gasteiger charge is -2.12. The Kier molecular flexibility index (Phi) is 5.15. The Balaban J connectivity index is 2.01. The van der Waals surface area contributed by atoms with Crippen LogP contribution < -0.4 is 5.73 Å². The first-order valence-electron chi connectivity index (χ1n) is 7.92. The zero-order chi connectivity index (χ0) is 18.2. The predicted octanol–water partition coefficient (Wildman–Crippen LogP) is 3.67. The largest absolute Gasteiger partial charge is 0.380 e. The molecule has 1 aliphatic carbocycles. The average Bonchev–Trinajstić information content (AvgIpc) is 3.20. The van der Waals surface area contributed by atoms with Crippen molar-refractivity contribution in [3.63, 3.8) is 0 Å². The number of hydrogen-bond donors (Lipinski definition) is 1. The minimum atomic E-state index is -3.64. The van der Waals surface area contributed by atoms with Crippen molar-refractivity contribution in [2.24, 2.45) is 5.73 Å². The van der Waals surface area contributed by atoms with Gasteiger partial charge in [0.15, 0.2) is 9.84 Å². The van der Waals surface area contributed by atoms with Crippen LogP contribution in [0.4, 0.5) is 0 Å². The van der Waals surface area contributed by atoms with E-state index in [1.54, 1.807) is 30.3 Å². The van der Waals surface area contributed by atoms with E-state index < -0.39 is 20.6 Å². The van der Waals surface area contributed by atoms with Crippen molar-refractivity contribution in [3.8, 4) is 0 Å². The van der Waals surface area contributed by atoms with Crippen molar-refractivity contribution in [2.45, 2.75) is 28.5 Å². The Morgan fingerprint density at radius 3 is 2.40 bits per heavy atom. The average molecular weight is 400 g/mol. The van der Waals surface area contributed by atoms with Crippen molar-refractivity contribution in [2.75, 3.05) is 13.2 Å². The first-order chi connectivity index (χ1) is 11.8. The van der Waals surface area contributed by atoms with Crippen LogP contribution in [0.1, 0.15) is 18.4 Å². The predicted molar refractivity (Wildman–Crippen MR) is 100 cm³/mol. The summed E-state index contributed by atoms with van der Waals surface area (Å²) in [5.41, 5.74) is 6.30. The number of benzene rings is 2. The molecule has 4 nitrogen and oxygen atoms in total. The number of halogens is 2. The lowest BCUT2D eigenvalue weighted by Crippen LogP contribution is -2.36. The van der Waals surface area contributed by atoms with Crippen molar-refractivity contribution in [1.29, 1.82) is 0 Å². The summed E-state index contributed by atoms with van der Waals surface area (Å²) in [6.07, 6.45) is 0. The van der Waals surface area contributed by atoms with Gasteiger partial charge in [-0.05, 0) is 48.9 Å². The lowest BCUT2D eigenvalue weighted by atomic mass is 10.1. The highest BCUT2D eigenvalue weighted by Gasteiger charge is 2.69. The third kappa shape index (κ3) is 3.44. The number of nitrogens with two attached hydrogens (primary N) is 1. The highest BCUT2D eigenvalue weighted by Crippen LogP contribution is 2.56. The molecule has 2 aromatic rings. The molecular weight excluding hydrogens is 381 g/mol. The summed E-state index contributed by atoms with van der Waals surface area (Å²) in [6, 6.07) is 13.3. The molecule has 0 radical (unpaired) electrons. The van der Waals surface area contributed by atoms with Gasteiger partial charge in [-0.25, -0.2) is 8.42 Å². The van der Waals surface area contributed by atoms with Crippen molar-refractivity contribution in [1.82, 2.24) is 0 Å². The van der Waals surface area contributed by atoms with Crippen molar-refractivity contribution in [3.05, 3.63) is 64.1 Å². The van der Waals surface area contributed by atoms with E-state index in [9.17, 15) is 8.42 Å². The van der Waals surface area contributed by atoms with Crippen LogP contribution in [0.25, 0.3) is 0 Å². The lowest BCUT2D eigenvalue weighted by molar-refractivity contribution is 0.125. The van der Waals surface area contributed by atoms with Crippen LogP contribution in [0, 0.1) is 0 Å². The van der Waals surface area contributed by atoms with Crippen LogP contribution in [-0.4, -0.2) is 32.4 Å². The van der Waals surface area contributed by atoms with E-state index in [-0.39, 0.29) is 17.4 Å². The van der Waals surface area contributed by atoms with Gasteiger partial charge in [-0.15, -0.1) is 0 Å². The molecule has 0 spiro atoms. The van der Waals surface area contributed by atoms with Crippen LogP contribution in [-0.2, 0) is 14.6 Å². The van der Waals surface area contributed by atoms with E-state index in [2.05, 4.69) is 0 Å². The van der Waals surface area contributed by atoms with Crippen LogP contribution in [0.3, 0.4) is 0 Å². The highest BCUT2D eigenvalue weighted by molar-refractivity contribution is 7.92. The molecule has 1 aliphatic rings. The molecule has 2 aromatic carbocycles. The van der Waals surface area contributed by atoms with Crippen molar-refractivity contribution < 1.29 is 13.2 Å². The fourth-order valence-corrected chi connectivity index (χ4v) is 5.91. The minimum absolute atomic E-state index is 0.165. The first kappa shape index (κ1) is 18.7. The van der Waals surface area contributed by atoms with Gasteiger partial charge in [0.05, 0.1) is 22.3 Å². The van der Waals surface area contributed by atoms with Gasteiger partial charge in [0.1, 0.15) is 0 Å². The zero-order valence-electron chi connectivity index (χ0n) is 13.7. The number of ether oxygens (including phenoxy) is 1. The van der Waals surface area contributed by atoms with E-state index in [4.69, 9.17) is 33.7 Å². The van der Waals surface area contributed by atoms with Gasteiger partial charge in [0.2, 0.25) is 0 Å². The van der Waals surface area contributed by atoms with E-state index in [0.29, 0.717) is 16.7 Å². The molecule has 0 heterocycles. The Hall–Kier alpha value is -1.11. The molecule has 0 aliphatic heterocycles. The Morgan fingerprint density at radius 1 is 1.12 bits per heavy atom. The Morgan fingerprint density at radius 2 is 1.80 bits per heavy atom. The molecule has 0 unspecified atom stereocenters. The molecule has 1 saturated carbocycles. The molecule has 0 aromatic heterocycles. The van der Waals surface area contributed by atoms with Crippen LogP contribution in [0.2, 0.25) is 10.0 Å². The number of sulfone groups is 1. The molecule has 3 rings (SSSR count). The second-order valence-corrected chi connectivity index (χ2v) is 9.14. The van der Waals surface area contributed by atoms with Gasteiger partial charge in [-0.3, -0.25) is 0 Å². The van der Waals surface area contributed by atoms with Crippen LogP contribution >= 0.6 is 23.2 Å². The fourth-order valence-electron chi connectivity index (χ4n) is 3.30. The van der Waals surface area contributed by atoms with E-state index >= 15 is 0 Å². The maximum absolute atomic E-state index is 13.1. The Bertz CT molecular complexity index is 870. The minimum Gasteiger partial charge on any atom is -0.380 e. The molecule has 0 bridgehead atoms. The second kappa shape index (κ2) is 6.89. The van der Waals surface area contributed by atoms with Crippen molar-refractivity contribution >= 4 is 33.0 Å². The Labute approximate surface area is 157 Å². The molecule has 0 amide bonds. The zero-order valence-corrected chi connectivity index (χ0v) is 16.0. The summed E-state index contributed by atoms with van der Waals surface area (Å²) in [5.74, 6) is -0.376. The van der Waals surface area contributed by atoms with Gasteiger partial charge in [-0.2, -0.15) is 0 Å². The molecule has 25 heavy (non-hydrogen) atoms. The molecule has 134 valence electrons. The summed E-state index contributed by atoms with van der Waals surface area (Å²) in [4.78, 5) is 0.206. The van der Waals surface area contributed by atoms with E-state index in [1.807, 2.05) is 13.0 Å². The third-order valence-electron chi connectivity index (χ3n) is 4.54. The summed E-state index contributed by atoms with van der Waals surface area (Å²) < 4.78 is 31.8. The highest BCUT2D eigenvalue weighted by atomic mass is 35.5. The molecule has 0 saturated heterocycles. The second-order valence-electron chi connectivity index (χ2n) is 6.20. The van der Waals surface area contributed by atoms with Gasteiger partial charge in [-0.1, -0.05) is 35.3 Å². The van der Waals surface area contributed by atoms with Gasteiger partial charge >= 0.3 is 0 Å². The third-order valence-corrected chi connectivity index (χ3v) is 7.34. The summed E-state index contributed by atoms with van der Waals surface area (Å²) in [7, 11) is -3.64. The molecule has 3 atom stereocenters. The molecule has 1 fully saturated rings. The summed E-state index contributed by atoms with van der Waals surface area (Å²) in [5, 5.41) is 0.256. The monoisotopic (exact) mass is 399 g/mol. The maximum atomic E-state index is 13.1. The van der Waals surface area contributed by atoms with Gasteiger partial charge in [0, 0.05) is 22.6 Å². The molecular formula is C18H19Cl2NO3S. The van der Waals surface area contributed by atoms with Crippen LogP contribution in [0.15, 0.2) is 53.4 Å².